The molecule has 2 heterocycles. The Labute approximate surface area is 109 Å². The Morgan fingerprint density at radius 1 is 1.50 bits per heavy atom. The van der Waals surface area contributed by atoms with Crippen LogP contribution in [-0.4, -0.2) is 41.3 Å². The third kappa shape index (κ3) is 1.99. The third-order valence-electron chi connectivity index (χ3n) is 4.07. The maximum Gasteiger partial charge on any atom is 0.410 e. The number of amides is 1. The van der Waals surface area contributed by atoms with E-state index in [2.05, 4.69) is 24.1 Å². The molecule has 1 saturated heterocycles. The summed E-state index contributed by atoms with van der Waals surface area (Å²) in [7, 11) is 0. The molecule has 1 fully saturated rings. The molecule has 0 aliphatic carbocycles. The molecule has 0 unspecified atom stereocenters. The van der Waals surface area contributed by atoms with Gasteiger partial charge < -0.3 is 9.64 Å². The first-order valence-electron chi connectivity index (χ1n) is 6.68. The van der Waals surface area contributed by atoms with Gasteiger partial charge in [0.1, 0.15) is 11.1 Å². The largest absolute Gasteiger partial charge is 0.444 e. The number of carbonyl (C=O) groups is 1. The van der Waals surface area contributed by atoms with Crippen LogP contribution in [0.1, 0.15) is 41.0 Å². The van der Waals surface area contributed by atoms with Gasteiger partial charge in [-0.3, -0.25) is 0 Å². The van der Waals surface area contributed by atoms with Crippen LogP contribution in [0.2, 0.25) is 0 Å². The molecule has 0 saturated carbocycles. The molecule has 18 heavy (non-hydrogen) atoms. The summed E-state index contributed by atoms with van der Waals surface area (Å²) < 4.78 is 5.46. The lowest BCUT2D eigenvalue weighted by atomic mass is 9.82. The highest BCUT2D eigenvalue weighted by atomic mass is 16.6. The summed E-state index contributed by atoms with van der Waals surface area (Å²) in [4.78, 5) is 14.0. The maximum atomic E-state index is 12.2. The Morgan fingerprint density at radius 2 is 2.17 bits per heavy atom. The van der Waals surface area contributed by atoms with Crippen molar-refractivity contribution in [2.24, 2.45) is 16.1 Å². The second-order valence-electron chi connectivity index (χ2n) is 6.27. The molecule has 5 nitrogen and oxygen atoms in total. The van der Waals surface area contributed by atoms with Crippen molar-refractivity contribution in [3.63, 3.8) is 0 Å². The number of azo groups is 1. The molecule has 2 rings (SSSR count). The minimum atomic E-state index is -0.449. The van der Waals surface area contributed by atoms with Gasteiger partial charge in [0.15, 0.2) is 0 Å². The van der Waals surface area contributed by atoms with Crippen LogP contribution in [0.15, 0.2) is 10.2 Å². The summed E-state index contributed by atoms with van der Waals surface area (Å²) in [6.07, 6.45) is 0.689. The second kappa shape index (κ2) is 4.21. The van der Waals surface area contributed by atoms with Crippen LogP contribution in [0.25, 0.3) is 0 Å². The summed E-state index contributed by atoms with van der Waals surface area (Å²) >= 11 is 0. The molecule has 2 aliphatic rings. The zero-order chi connectivity index (χ0) is 13.6. The molecule has 102 valence electrons. The molecule has 0 aromatic rings. The van der Waals surface area contributed by atoms with Gasteiger partial charge in [-0.1, -0.05) is 6.92 Å². The zero-order valence-corrected chi connectivity index (χ0v) is 11.9. The Morgan fingerprint density at radius 3 is 2.67 bits per heavy atom. The molecule has 0 aromatic carbocycles. The number of fused-ring (bicyclic) bond motifs is 1. The Kier molecular flexibility index (Phi) is 3.11. The van der Waals surface area contributed by atoms with Gasteiger partial charge in [-0.25, -0.2) is 4.79 Å². The summed E-state index contributed by atoms with van der Waals surface area (Å²) in [5, 5.41) is 8.61. The van der Waals surface area contributed by atoms with Gasteiger partial charge in [0.05, 0.1) is 12.6 Å². The van der Waals surface area contributed by atoms with Gasteiger partial charge in [-0.05, 0) is 34.1 Å². The van der Waals surface area contributed by atoms with E-state index in [1.165, 1.54) is 0 Å². The number of carbonyl (C=O) groups excluding carboxylic acids is 1. The monoisotopic (exact) mass is 253 g/mol. The van der Waals surface area contributed by atoms with Crippen LogP contribution in [-0.2, 0) is 4.74 Å². The zero-order valence-electron chi connectivity index (χ0n) is 11.9. The van der Waals surface area contributed by atoms with Crippen LogP contribution in [0.3, 0.4) is 0 Å². The fourth-order valence-corrected chi connectivity index (χ4v) is 3.02. The molecule has 5 heteroatoms. The average molecular weight is 253 g/mol. The van der Waals surface area contributed by atoms with Crippen molar-refractivity contribution in [2.75, 3.05) is 13.1 Å². The van der Waals surface area contributed by atoms with Crippen molar-refractivity contribution in [3.8, 4) is 0 Å². The Bertz CT molecular complexity index is 375. The van der Waals surface area contributed by atoms with Crippen LogP contribution < -0.4 is 0 Å². The van der Waals surface area contributed by atoms with E-state index >= 15 is 0 Å². The number of likely N-dealkylation sites (tertiary alicyclic amines) is 1. The molecule has 2 aliphatic heterocycles. The summed E-state index contributed by atoms with van der Waals surface area (Å²) in [6, 6.07) is 0.0635. The van der Waals surface area contributed by atoms with Crippen molar-refractivity contribution >= 4 is 6.09 Å². The van der Waals surface area contributed by atoms with E-state index in [4.69, 9.17) is 4.74 Å². The summed E-state index contributed by atoms with van der Waals surface area (Å²) in [5.74, 6) is 0.352. The highest BCUT2D eigenvalue weighted by Crippen LogP contribution is 2.44. The topological polar surface area (TPSA) is 54.3 Å². The van der Waals surface area contributed by atoms with Gasteiger partial charge in [0.25, 0.3) is 0 Å². The number of ether oxygens (including phenoxy) is 1. The molecule has 1 amide bonds. The summed E-state index contributed by atoms with van der Waals surface area (Å²) in [6.45, 7) is 11.3. The third-order valence-corrected chi connectivity index (χ3v) is 4.07. The first-order valence-corrected chi connectivity index (χ1v) is 6.68. The Hall–Kier alpha value is -1.13. The molecule has 0 radical (unpaired) electrons. The van der Waals surface area contributed by atoms with Gasteiger partial charge in [-0.15, -0.1) is 0 Å². The van der Waals surface area contributed by atoms with Crippen molar-refractivity contribution in [1.82, 2.24) is 4.90 Å². The lowest BCUT2D eigenvalue weighted by Gasteiger charge is -2.31. The van der Waals surface area contributed by atoms with E-state index in [1.54, 1.807) is 0 Å². The van der Waals surface area contributed by atoms with Gasteiger partial charge in [0, 0.05) is 12.5 Å². The first kappa shape index (κ1) is 13.3. The van der Waals surface area contributed by atoms with Gasteiger partial charge >= 0.3 is 6.09 Å². The SMILES string of the molecule is CC[C@]12N=NC[C@H]1CN(C(=O)OC(C)(C)C)[C@H]2C. The normalized spacial score (nSPS) is 34.8. The molecule has 0 aromatic heterocycles. The highest BCUT2D eigenvalue weighted by molar-refractivity contribution is 5.69. The minimum absolute atomic E-state index is 0.0635. The van der Waals surface area contributed by atoms with Gasteiger partial charge in [0.2, 0.25) is 0 Å². The molecule has 0 bridgehead atoms. The summed E-state index contributed by atoms with van der Waals surface area (Å²) in [5.41, 5.74) is -0.633. The van der Waals surface area contributed by atoms with E-state index in [0.717, 1.165) is 13.0 Å². The van der Waals surface area contributed by atoms with E-state index in [-0.39, 0.29) is 17.7 Å². The highest BCUT2D eigenvalue weighted by Gasteiger charge is 2.55. The smallest absolute Gasteiger partial charge is 0.410 e. The van der Waals surface area contributed by atoms with Crippen molar-refractivity contribution in [3.05, 3.63) is 0 Å². The lowest BCUT2D eigenvalue weighted by molar-refractivity contribution is 0.0210. The molecule has 3 atom stereocenters. The fourth-order valence-electron chi connectivity index (χ4n) is 3.02. The lowest BCUT2D eigenvalue weighted by Crippen LogP contribution is -2.45. The molecule has 0 N–H and O–H groups in total. The van der Waals surface area contributed by atoms with Gasteiger partial charge in [-0.2, -0.15) is 10.2 Å². The van der Waals surface area contributed by atoms with Crippen LogP contribution in [0.4, 0.5) is 4.79 Å². The van der Waals surface area contributed by atoms with Crippen molar-refractivity contribution in [1.29, 1.82) is 0 Å². The van der Waals surface area contributed by atoms with E-state index in [1.807, 2.05) is 25.7 Å². The Balaban J connectivity index is 2.14. The van der Waals surface area contributed by atoms with Crippen LogP contribution >= 0.6 is 0 Å². The first-order chi connectivity index (χ1) is 8.30. The maximum absolute atomic E-state index is 12.2. The standard InChI is InChI=1S/C13H23N3O2/c1-6-13-9(2)16(8-10(13)7-14-15-13)11(17)18-12(3,4)5/h9-10H,6-8H2,1-5H3/t9-,10-,13+/m0/s1. The average Bonchev–Trinajstić information content (AvgIpc) is 2.75. The van der Waals surface area contributed by atoms with Crippen LogP contribution in [0.5, 0.6) is 0 Å². The van der Waals surface area contributed by atoms with Crippen molar-refractivity contribution in [2.45, 2.75) is 58.2 Å². The molecular formula is C13H23N3O2. The number of nitrogens with zero attached hydrogens (tertiary/aromatic N) is 3. The van der Waals surface area contributed by atoms with Crippen molar-refractivity contribution < 1.29 is 9.53 Å². The predicted octanol–water partition coefficient (Wildman–Crippen LogP) is 2.86. The van der Waals surface area contributed by atoms with E-state index in [0.29, 0.717) is 12.5 Å². The number of hydrogen-bond acceptors (Lipinski definition) is 4. The molecular weight excluding hydrogens is 230 g/mol. The number of hydrogen-bond donors (Lipinski definition) is 0. The quantitative estimate of drug-likeness (QED) is 0.721. The minimum Gasteiger partial charge on any atom is -0.444 e. The van der Waals surface area contributed by atoms with E-state index in [9.17, 15) is 4.79 Å². The number of rotatable bonds is 1. The van der Waals surface area contributed by atoms with E-state index < -0.39 is 5.60 Å². The predicted molar refractivity (Wildman–Crippen MR) is 68.6 cm³/mol. The molecule has 0 spiro atoms. The fraction of sp³-hybridized carbons (Fsp3) is 0.923. The van der Waals surface area contributed by atoms with Crippen LogP contribution in [0, 0.1) is 5.92 Å². The second-order valence-corrected chi connectivity index (χ2v) is 6.27.